The number of thioether (sulfide) groups is 1. The minimum Gasteiger partial charge on any atom is -0.389 e. The van der Waals surface area contributed by atoms with Crippen LogP contribution >= 0.6 is 11.8 Å². The molecule has 0 atom stereocenters. The molecule has 0 unspecified atom stereocenters. The molecule has 0 aromatic heterocycles. The van der Waals surface area contributed by atoms with E-state index in [4.69, 9.17) is 5.26 Å². The van der Waals surface area contributed by atoms with Gasteiger partial charge in [-0.15, -0.1) is 11.8 Å². The summed E-state index contributed by atoms with van der Waals surface area (Å²) in [5.74, 6) is -1.54. The van der Waals surface area contributed by atoms with Gasteiger partial charge in [0, 0.05) is 41.6 Å². The predicted octanol–water partition coefficient (Wildman–Crippen LogP) is 4.85. The van der Waals surface area contributed by atoms with E-state index in [0.29, 0.717) is 17.8 Å². The van der Waals surface area contributed by atoms with Crippen LogP contribution in [0.4, 0.5) is 39.9 Å². The van der Waals surface area contributed by atoms with Gasteiger partial charge in [-0.25, -0.2) is 13.6 Å². The highest BCUT2D eigenvalue weighted by Gasteiger charge is 2.71. The summed E-state index contributed by atoms with van der Waals surface area (Å²) < 4.78 is 109. The molecule has 3 N–H and O–H groups in total. The summed E-state index contributed by atoms with van der Waals surface area (Å²) in [5, 5.41) is 31.2. The lowest BCUT2D eigenvalue weighted by Gasteiger charge is -2.33. The van der Waals surface area contributed by atoms with Crippen LogP contribution in [0.2, 0.25) is 0 Å². The van der Waals surface area contributed by atoms with E-state index in [1.807, 2.05) is 0 Å². The fraction of sp³-hybridized carbons (Fsp3) is 0.560. The highest BCUT2D eigenvalue weighted by Crippen LogP contribution is 2.52. The van der Waals surface area contributed by atoms with Gasteiger partial charge >= 0.3 is 18.4 Å². The zero-order valence-corrected chi connectivity index (χ0v) is 22.9. The van der Waals surface area contributed by atoms with Crippen molar-refractivity contribution in [3.05, 3.63) is 40.6 Å². The Morgan fingerprint density at radius 1 is 1.10 bits per heavy atom. The average molecular weight is 631 g/mol. The first-order valence-electron chi connectivity index (χ1n) is 12.4. The Morgan fingerprint density at radius 2 is 1.67 bits per heavy atom. The SMILES string of the molecule is CC(C)(O)CNC(=O)N1CSC(c2ccc(C(O)(C(F)(F)F)C(F)(F)F)cc2C(F)F)=C1C(=O)N1CCC(C#N)CC1. The van der Waals surface area contributed by atoms with Gasteiger partial charge in [0.05, 0.1) is 17.5 Å². The molecule has 1 fully saturated rings. The van der Waals surface area contributed by atoms with Crippen LogP contribution in [0.1, 0.15) is 49.8 Å². The molecule has 42 heavy (non-hydrogen) atoms. The lowest BCUT2D eigenvalue weighted by Crippen LogP contribution is -2.54. The summed E-state index contributed by atoms with van der Waals surface area (Å²) in [5.41, 5.74) is -11.2. The number of nitriles is 1. The molecule has 0 radical (unpaired) electrons. The molecule has 0 aliphatic carbocycles. The molecule has 2 aliphatic heterocycles. The van der Waals surface area contributed by atoms with Crippen molar-refractivity contribution in [2.24, 2.45) is 5.92 Å². The quantitative estimate of drug-likeness (QED) is 0.387. The number of halogens is 8. The summed E-state index contributed by atoms with van der Waals surface area (Å²) in [6.07, 6.45) is -15.8. The topological polar surface area (TPSA) is 117 Å². The molecule has 2 heterocycles. The first-order valence-corrected chi connectivity index (χ1v) is 13.3. The van der Waals surface area contributed by atoms with Crippen molar-refractivity contribution in [3.63, 3.8) is 0 Å². The van der Waals surface area contributed by atoms with Crippen LogP contribution in [0.15, 0.2) is 23.9 Å². The molecule has 0 saturated carbocycles. The average Bonchev–Trinajstić information content (AvgIpc) is 3.33. The van der Waals surface area contributed by atoms with Crippen LogP contribution in [0.25, 0.3) is 4.91 Å². The second-order valence-corrected chi connectivity index (χ2v) is 11.3. The van der Waals surface area contributed by atoms with E-state index in [-0.39, 0.29) is 61.3 Å². The Balaban J connectivity index is 2.18. The molecule has 1 saturated heterocycles. The number of urea groups is 1. The number of hydrogen-bond acceptors (Lipinski definition) is 6. The normalized spacial score (nSPS) is 17.6. The molecule has 1 aromatic rings. The Hall–Kier alpha value is -3.10. The van der Waals surface area contributed by atoms with Gasteiger partial charge in [0.15, 0.2) is 0 Å². The van der Waals surface area contributed by atoms with Gasteiger partial charge in [-0.1, -0.05) is 12.1 Å². The van der Waals surface area contributed by atoms with Crippen LogP contribution in [0, 0.1) is 17.2 Å². The standard InChI is InChI=1S/C25H26F8N4O4S/c1-22(2,40)11-35-21(39)37-12-42-18(17(37)20(38)36-7-5-13(10-34)6-8-36)15-4-3-14(9-16(15)19(26)27)23(41,24(28,29)30)25(31,32)33/h3-4,9,13,19,40-41H,5-8,11-12H2,1-2H3,(H,35,39). The Kier molecular flexibility index (Phi) is 9.45. The Bertz CT molecular complexity index is 1260. The van der Waals surface area contributed by atoms with Crippen molar-refractivity contribution in [1.29, 1.82) is 5.26 Å². The summed E-state index contributed by atoms with van der Waals surface area (Å²) in [7, 11) is 0. The van der Waals surface area contributed by atoms with Crippen molar-refractivity contribution in [2.45, 2.75) is 56.7 Å². The van der Waals surface area contributed by atoms with Crippen molar-refractivity contribution >= 4 is 28.6 Å². The zero-order chi connectivity index (χ0) is 31.8. The van der Waals surface area contributed by atoms with E-state index >= 15 is 0 Å². The summed E-state index contributed by atoms with van der Waals surface area (Å²) in [6.45, 7) is 2.57. The molecular weight excluding hydrogens is 604 g/mol. The molecule has 17 heteroatoms. The Labute approximate surface area is 238 Å². The molecule has 8 nitrogen and oxygen atoms in total. The number of piperidine rings is 1. The number of alkyl halides is 8. The fourth-order valence-corrected chi connectivity index (χ4v) is 5.55. The van der Waals surface area contributed by atoms with E-state index in [1.54, 1.807) is 0 Å². The number of benzene rings is 1. The van der Waals surface area contributed by atoms with E-state index in [9.17, 15) is 54.9 Å². The van der Waals surface area contributed by atoms with Gasteiger partial charge < -0.3 is 20.4 Å². The van der Waals surface area contributed by atoms with Gasteiger partial charge in [0.1, 0.15) is 5.70 Å². The molecule has 2 aliphatic rings. The van der Waals surface area contributed by atoms with Gasteiger partial charge in [-0.05, 0) is 38.3 Å². The minimum atomic E-state index is -6.32. The third kappa shape index (κ3) is 6.60. The third-order valence-electron chi connectivity index (χ3n) is 6.68. The number of rotatable bonds is 6. The van der Waals surface area contributed by atoms with Gasteiger partial charge in [0.2, 0.25) is 0 Å². The molecule has 3 rings (SSSR count). The number of aliphatic hydroxyl groups is 2. The van der Waals surface area contributed by atoms with E-state index in [2.05, 4.69) is 11.4 Å². The van der Waals surface area contributed by atoms with Gasteiger partial charge in [0.25, 0.3) is 17.9 Å². The monoisotopic (exact) mass is 630 g/mol. The van der Waals surface area contributed by atoms with Crippen molar-refractivity contribution < 1.29 is 54.9 Å². The smallest absolute Gasteiger partial charge is 0.389 e. The largest absolute Gasteiger partial charge is 0.430 e. The molecule has 232 valence electrons. The first kappa shape index (κ1) is 33.4. The molecule has 3 amide bonds. The number of carbonyl (C=O) groups is 2. The predicted molar refractivity (Wildman–Crippen MR) is 133 cm³/mol. The molecule has 0 spiro atoms. The van der Waals surface area contributed by atoms with E-state index in [1.165, 1.54) is 18.7 Å². The molecule has 1 aromatic carbocycles. The second kappa shape index (κ2) is 11.9. The number of nitrogens with one attached hydrogen (secondary N) is 1. The maximum atomic E-state index is 14.2. The Morgan fingerprint density at radius 3 is 2.14 bits per heavy atom. The van der Waals surface area contributed by atoms with E-state index < -0.39 is 64.3 Å². The number of carbonyl (C=O) groups excluding carboxylic acids is 2. The maximum absolute atomic E-state index is 14.2. The van der Waals surface area contributed by atoms with Gasteiger partial charge in [-0.2, -0.15) is 31.6 Å². The zero-order valence-electron chi connectivity index (χ0n) is 22.1. The van der Waals surface area contributed by atoms with Crippen LogP contribution in [-0.4, -0.2) is 75.4 Å². The summed E-state index contributed by atoms with van der Waals surface area (Å²) >= 11 is 0.669. The fourth-order valence-electron chi connectivity index (χ4n) is 4.37. The highest BCUT2D eigenvalue weighted by molar-refractivity contribution is 8.08. The second-order valence-electron chi connectivity index (χ2n) is 10.4. The number of hydrogen-bond donors (Lipinski definition) is 3. The lowest BCUT2D eigenvalue weighted by molar-refractivity contribution is -0.376. The van der Waals surface area contributed by atoms with Crippen molar-refractivity contribution in [1.82, 2.24) is 15.1 Å². The summed E-state index contributed by atoms with van der Waals surface area (Å²) in [6, 6.07) is 1.72. The maximum Gasteiger partial charge on any atom is 0.430 e. The third-order valence-corrected chi connectivity index (χ3v) is 7.77. The number of likely N-dealkylation sites (tertiary alicyclic amines) is 1. The highest BCUT2D eigenvalue weighted by atomic mass is 32.2. The minimum absolute atomic E-state index is 0.0580. The molecular formula is C25H26F8N4O4S. The van der Waals surface area contributed by atoms with Crippen molar-refractivity contribution in [2.75, 3.05) is 25.5 Å². The lowest BCUT2D eigenvalue weighted by atomic mass is 9.89. The van der Waals surface area contributed by atoms with Crippen LogP contribution in [0.3, 0.4) is 0 Å². The number of amides is 3. The first-order chi connectivity index (χ1) is 19.2. The van der Waals surface area contributed by atoms with Gasteiger partial charge in [-0.3, -0.25) is 9.69 Å². The molecule has 0 bridgehead atoms. The van der Waals surface area contributed by atoms with E-state index in [0.717, 1.165) is 4.90 Å². The van der Waals surface area contributed by atoms with Crippen molar-refractivity contribution in [3.8, 4) is 6.07 Å². The summed E-state index contributed by atoms with van der Waals surface area (Å²) in [4.78, 5) is 28.5. The van der Waals surface area contributed by atoms with Crippen LogP contribution in [0.5, 0.6) is 0 Å². The van der Waals surface area contributed by atoms with Crippen LogP contribution in [-0.2, 0) is 10.4 Å². The van der Waals surface area contributed by atoms with Crippen LogP contribution < -0.4 is 5.32 Å². The number of nitrogens with zero attached hydrogens (tertiary/aromatic N) is 3.